The van der Waals surface area contributed by atoms with Crippen LogP contribution in [0.2, 0.25) is 0 Å². The van der Waals surface area contributed by atoms with Gasteiger partial charge in [-0.2, -0.15) is 0 Å². The highest BCUT2D eigenvalue weighted by Gasteiger charge is 1.93. The van der Waals surface area contributed by atoms with E-state index in [1.807, 2.05) is 18.2 Å². The Labute approximate surface area is 82.9 Å². The van der Waals surface area contributed by atoms with Gasteiger partial charge in [-0.1, -0.05) is 30.3 Å². The van der Waals surface area contributed by atoms with Gasteiger partial charge in [0.2, 0.25) is 0 Å². The number of hydrazine groups is 1. The second-order valence-electron chi connectivity index (χ2n) is 3.12. The van der Waals surface area contributed by atoms with Gasteiger partial charge in [-0.15, -0.1) is 0 Å². The molecule has 0 aliphatic rings. The van der Waals surface area contributed by atoms with Crippen LogP contribution in [0.15, 0.2) is 42.5 Å². The van der Waals surface area contributed by atoms with E-state index >= 15 is 0 Å². The monoisotopic (exact) mass is 187 g/mol. The zero-order valence-corrected chi connectivity index (χ0v) is 7.83. The van der Waals surface area contributed by atoms with Gasteiger partial charge in [-0.05, 0) is 22.9 Å². The van der Waals surface area contributed by atoms with Crippen LogP contribution < -0.4 is 16.6 Å². The van der Waals surface area contributed by atoms with Crippen molar-refractivity contribution in [1.29, 1.82) is 0 Å². The van der Waals surface area contributed by atoms with Crippen molar-refractivity contribution in [3.63, 3.8) is 0 Å². The number of nitrogens with one attached hydrogen (secondary N) is 2. The third-order valence-corrected chi connectivity index (χ3v) is 2.14. The van der Waals surface area contributed by atoms with E-state index in [0.717, 1.165) is 5.69 Å². The predicted octanol–water partition coefficient (Wildman–Crippen LogP) is 1.67. The maximum Gasteiger partial charge on any atom is 0.0780 e. The van der Waals surface area contributed by atoms with Crippen molar-refractivity contribution in [2.75, 3.05) is 12.0 Å². The molecule has 72 valence electrons. The molecule has 0 fully saturated rings. The molecule has 0 heterocycles. The molecular weight excluding hydrogens is 174 g/mol. The molecule has 0 saturated carbocycles. The minimum absolute atomic E-state index is 0.568. The topological polar surface area (TPSA) is 50.1 Å². The molecule has 0 unspecified atom stereocenters. The van der Waals surface area contributed by atoms with Gasteiger partial charge in [-0.25, -0.2) is 5.43 Å². The second kappa shape index (κ2) is 4.09. The van der Waals surface area contributed by atoms with E-state index in [2.05, 4.69) is 35.0 Å². The maximum atomic E-state index is 5.18. The van der Waals surface area contributed by atoms with Gasteiger partial charge in [0.05, 0.1) is 6.67 Å². The van der Waals surface area contributed by atoms with Crippen molar-refractivity contribution in [3.05, 3.63) is 42.5 Å². The molecule has 0 saturated heterocycles. The summed E-state index contributed by atoms with van der Waals surface area (Å²) < 4.78 is 0. The number of hydrogen-bond acceptors (Lipinski definition) is 3. The molecule has 14 heavy (non-hydrogen) atoms. The number of benzene rings is 2. The molecule has 0 bridgehead atoms. The van der Waals surface area contributed by atoms with Crippen LogP contribution in [0.25, 0.3) is 10.8 Å². The normalized spacial score (nSPS) is 10.4. The van der Waals surface area contributed by atoms with E-state index in [-0.39, 0.29) is 0 Å². The van der Waals surface area contributed by atoms with Gasteiger partial charge in [0.25, 0.3) is 0 Å². The molecule has 0 atom stereocenters. The maximum absolute atomic E-state index is 5.18. The van der Waals surface area contributed by atoms with Crippen LogP contribution in [-0.4, -0.2) is 6.67 Å². The van der Waals surface area contributed by atoms with E-state index in [1.165, 1.54) is 10.8 Å². The van der Waals surface area contributed by atoms with E-state index in [9.17, 15) is 0 Å². The lowest BCUT2D eigenvalue weighted by Gasteiger charge is -2.06. The Balaban J connectivity index is 2.32. The Hall–Kier alpha value is -1.58. The number of rotatable bonds is 3. The van der Waals surface area contributed by atoms with Crippen LogP contribution in [0.5, 0.6) is 0 Å². The molecule has 0 radical (unpaired) electrons. The van der Waals surface area contributed by atoms with Crippen LogP contribution in [0, 0.1) is 0 Å². The first-order valence-corrected chi connectivity index (χ1v) is 4.56. The molecule has 0 spiro atoms. The summed E-state index contributed by atoms with van der Waals surface area (Å²) >= 11 is 0. The summed E-state index contributed by atoms with van der Waals surface area (Å²) in [5.41, 5.74) is 3.62. The number of hydrogen-bond donors (Lipinski definition) is 3. The van der Waals surface area contributed by atoms with Crippen LogP contribution >= 0.6 is 0 Å². The molecule has 0 amide bonds. The van der Waals surface area contributed by atoms with E-state index < -0.39 is 0 Å². The molecular formula is C11H13N3. The van der Waals surface area contributed by atoms with Crippen molar-refractivity contribution >= 4 is 16.5 Å². The standard InChI is InChI=1S/C11H13N3/c12-14-8-13-11-6-5-9-3-1-2-4-10(9)7-11/h1-7,13-14H,8,12H2. The van der Waals surface area contributed by atoms with Crippen molar-refractivity contribution in [2.45, 2.75) is 0 Å². The minimum atomic E-state index is 0.568. The lowest BCUT2D eigenvalue weighted by atomic mass is 10.1. The van der Waals surface area contributed by atoms with Gasteiger partial charge >= 0.3 is 0 Å². The molecule has 0 aliphatic heterocycles. The average Bonchev–Trinajstić information content (AvgIpc) is 2.26. The van der Waals surface area contributed by atoms with Crippen molar-refractivity contribution < 1.29 is 0 Å². The molecule has 3 nitrogen and oxygen atoms in total. The summed E-state index contributed by atoms with van der Waals surface area (Å²) in [6.45, 7) is 0.568. The lowest BCUT2D eigenvalue weighted by molar-refractivity contribution is 0.790. The third kappa shape index (κ3) is 1.84. The quantitative estimate of drug-likeness (QED) is 0.389. The average molecular weight is 187 g/mol. The van der Waals surface area contributed by atoms with Crippen molar-refractivity contribution in [1.82, 2.24) is 5.43 Å². The van der Waals surface area contributed by atoms with Crippen molar-refractivity contribution in [2.24, 2.45) is 5.84 Å². The fraction of sp³-hybridized carbons (Fsp3) is 0.0909. The highest BCUT2D eigenvalue weighted by molar-refractivity contribution is 5.85. The number of fused-ring (bicyclic) bond motifs is 1. The Bertz CT molecular complexity index is 426. The third-order valence-electron chi connectivity index (χ3n) is 2.14. The van der Waals surface area contributed by atoms with Gasteiger partial charge in [0.1, 0.15) is 0 Å². The molecule has 2 aromatic carbocycles. The fourth-order valence-corrected chi connectivity index (χ4v) is 1.45. The summed E-state index contributed by atoms with van der Waals surface area (Å²) in [5.74, 6) is 5.18. The largest absolute Gasteiger partial charge is 0.371 e. The van der Waals surface area contributed by atoms with Gasteiger partial charge in [0, 0.05) is 5.69 Å². The van der Waals surface area contributed by atoms with E-state index in [1.54, 1.807) is 0 Å². The second-order valence-corrected chi connectivity index (χ2v) is 3.12. The highest BCUT2D eigenvalue weighted by atomic mass is 15.3. The molecule has 2 rings (SSSR count). The first-order valence-electron chi connectivity index (χ1n) is 4.56. The summed E-state index contributed by atoms with van der Waals surface area (Å²) in [7, 11) is 0. The zero-order valence-electron chi connectivity index (χ0n) is 7.83. The summed E-state index contributed by atoms with van der Waals surface area (Å²) in [5, 5.41) is 5.63. The fourth-order valence-electron chi connectivity index (χ4n) is 1.45. The minimum Gasteiger partial charge on any atom is -0.371 e. The van der Waals surface area contributed by atoms with Gasteiger partial charge < -0.3 is 5.32 Å². The van der Waals surface area contributed by atoms with E-state index in [0.29, 0.717) is 6.67 Å². The molecule has 0 aliphatic carbocycles. The zero-order chi connectivity index (χ0) is 9.80. The van der Waals surface area contributed by atoms with Gasteiger partial charge in [-0.3, -0.25) is 5.84 Å². The summed E-state index contributed by atoms with van der Waals surface area (Å²) in [6.07, 6.45) is 0. The molecule has 0 aromatic heterocycles. The molecule has 4 N–H and O–H groups in total. The van der Waals surface area contributed by atoms with E-state index in [4.69, 9.17) is 5.84 Å². The Kier molecular flexibility index (Phi) is 2.62. The molecule has 2 aromatic rings. The Morgan fingerprint density at radius 3 is 2.57 bits per heavy atom. The Morgan fingerprint density at radius 2 is 1.79 bits per heavy atom. The van der Waals surface area contributed by atoms with Crippen LogP contribution in [0.3, 0.4) is 0 Å². The number of nitrogens with two attached hydrogens (primary N) is 1. The predicted molar refractivity (Wildman–Crippen MR) is 59.8 cm³/mol. The smallest absolute Gasteiger partial charge is 0.0780 e. The highest BCUT2D eigenvalue weighted by Crippen LogP contribution is 2.18. The van der Waals surface area contributed by atoms with Crippen LogP contribution in [0.1, 0.15) is 0 Å². The lowest BCUT2D eigenvalue weighted by Crippen LogP contribution is -2.28. The molecule has 3 heteroatoms. The summed E-state index contributed by atoms with van der Waals surface area (Å²) in [6, 6.07) is 14.5. The van der Waals surface area contributed by atoms with Gasteiger partial charge in [0.15, 0.2) is 0 Å². The van der Waals surface area contributed by atoms with Crippen LogP contribution in [0.4, 0.5) is 5.69 Å². The van der Waals surface area contributed by atoms with Crippen LogP contribution in [-0.2, 0) is 0 Å². The van der Waals surface area contributed by atoms with Crippen molar-refractivity contribution in [3.8, 4) is 0 Å². The first kappa shape index (κ1) is 8.99. The first-order chi connectivity index (χ1) is 6.90. The summed E-state index contributed by atoms with van der Waals surface area (Å²) in [4.78, 5) is 0. The SMILES string of the molecule is NNCNc1ccc2ccccc2c1. The number of anilines is 1. The Morgan fingerprint density at radius 1 is 1.00 bits per heavy atom.